The molecule has 0 aromatic heterocycles. The number of carbonyl (C=O) groups is 2. The molecule has 8 atom stereocenters. The van der Waals surface area contributed by atoms with Crippen LogP contribution >= 0.6 is 36.2 Å². The third-order valence-electron chi connectivity index (χ3n) is 8.70. The van der Waals surface area contributed by atoms with Gasteiger partial charge in [-0.05, 0) is 55.2 Å². The van der Waals surface area contributed by atoms with Crippen molar-refractivity contribution in [3.63, 3.8) is 0 Å². The first-order valence-electron chi connectivity index (χ1n) is 11.0. The van der Waals surface area contributed by atoms with E-state index in [-0.39, 0.29) is 58.0 Å². The highest BCUT2D eigenvalue weighted by atomic mass is 127. The summed E-state index contributed by atoms with van der Waals surface area (Å²) in [6.45, 7) is 11.5. The summed E-state index contributed by atoms with van der Waals surface area (Å²) in [5.41, 5.74) is 7.81. The Bertz CT molecular complexity index is 748. The molecular weight excluding hydrogens is 543 g/mol. The second-order valence-corrected chi connectivity index (χ2v) is 10.6. The Labute approximate surface area is 213 Å². The van der Waals surface area contributed by atoms with Crippen molar-refractivity contribution in [1.29, 1.82) is 0 Å². The predicted molar refractivity (Wildman–Crippen MR) is 138 cm³/mol. The lowest BCUT2D eigenvalue weighted by atomic mass is 9.44. The molecule has 0 saturated heterocycles. The number of thiocarbonyl (C=S) groups is 1. The van der Waals surface area contributed by atoms with Gasteiger partial charge in [-0.2, -0.15) is 0 Å². The summed E-state index contributed by atoms with van der Waals surface area (Å²) >= 11 is 4.09. The molecule has 3 rings (SSSR count). The average Bonchev–Trinajstić information content (AvgIpc) is 3.06. The lowest BCUT2D eigenvalue weighted by molar-refractivity contribution is -0.207. The second-order valence-electron chi connectivity index (χ2n) is 10.1. The highest BCUT2D eigenvalue weighted by Crippen LogP contribution is 2.67. The van der Waals surface area contributed by atoms with E-state index in [2.05, 4.69) is 51.0 Å². The van der Waals surface area contributed by atoms with Crippen LogP contribution in [0.4, 0.5) is 0 Å². The maximum atomic E-state index is 13.1. The first-order chi connectivity index (χ1) is 14.3. The fraction of sp³-hybridized carbons (Fsp3) is 0.783. The van der Waals surface area contributed by atoms with Crippen LogP contribution in [0.15, 0.2) is 12.7 Å². The van der Waals surface area contributed by atoms with Gasteiger partial charge in [0.1, 0.15) is 18.5 Å². The van der Waals surface area contributed by atoms with Crippen LogP contribution in [-0.2, 0) is 14.3 Å². The largest absolute Gasteiger partial charge is 0.460 e. The van der Waals surface area contributed by atoms with Crippen LogP contribution in [0.5, 0.6) is 0 Å². The molecule has 0 aliphatic heterocycles. The third kappa shape index (κ3) is 4.86. The molecule has 0 spiro atoms. The van der Waals surface area contributed by atoms with Crippen molar-refractivity contribution in [2.24, 2.45) is 45.5 Å². The fourth-order valence-electron chi connectivity index (χ4n) is 6.70. The van der Waals surface area contributed by atoms with Gasteiger partial charge in [-0.15, -0.1) is 30.6 Å². The van der Waals surface area contributed by atoms with Gasteiger partial charge >= 0.3 is 5.97 Å². The van der Waals surface area contributed by atoms with Crippen molar-refractivity contribution in [2.75, 3.05) is 6.61 Å². The molecule has 3 aliphatic carbocycles. The van der Waals surface area contributed by atoms with Crippen LogP contribution in [0.1, 0.15) is 59.8 Å². The van der Waals surface area contributed by atoms with E-state index < -0.39 is 35.6 Å². The van der Waals surface area contributed by atoms with E-state index in [0.717, 1.165) is 19.3 Å². The molecule has 2 bridgehead atoms. The molecule has 3 saturated carbocycles. The van der Waals surface area contributed by atoms with E-state index in [9.17, 15) is 19.8 Å². The maximum Gasteiger partial charge on any atom is 0.332 e. The Morgan fingerprint density at radius 1 is 1.31 bits per heavy atom. The quantitative estimate of drug-likeness (QED) is 0.173. The molecule has 0 unspecified atom stereocenters. The maximum absolute atomic E-state index is 13.1. The monoisotopic (exact) mass is 582 g/mol. The topological polar surface area (TPSA) is 136 Å². The Hall–Kier alpha value is -0.780. The number of carbonyl (C=O) groups excluding carboxylic acids is 2. The first kappa shape index (κ1) is 29.3. The van der Waals surface area contributed by atoms with Gasteiger partial charge in [-0.3, -0.25) is 4.79 Å². The van der Waals surface area contributed by atoms with Crippen molar-refractivity contribution < 1.29 is 24.5 Å². The SMILES string of the molecule is C=C[C@]1(C)C[C@@H](OC(=O)CO)[C@]2(C)[C@H](C)CC[C@]3(CCC(=O)[C@@H]32)[C@@H](C)[C@@H]1O.I.NC(N)=S. The highest BCUT2D eigenvalue weighted by Gasteiger charge is 2.68. The molecule has 6 N–H and O–H groups in total. The number of hydrogen-bond acceptors (Lipinski definition) is 6. The number of aliphatic hydroxyl groups excluding tert-OH is 2. The number of esters is 1. The number of rotatable bonds is 3. The number of hydrogen-bond donors (Lipinski definition) is 4. The minimum atomic E-state index is -0.686. The van der Waals surface area contributed by atoms with Gasteiger partial charge in [0.25, 0.3) is 0 Å². The molecule has 0 aromatic carbocycles. The summed E-state index contributed by atoms with van der Waals surface area (Å²) in [5.74, 6) is -0.520. The minimum Gasteiger partial charge on any atom is -0.460 e. The van der Waals surface area contributed by atoms with Crippen LogP contribution in [0.2, 0.25) is 0 Å². The molecular formula is C23H39IN2O5S. The van der Waals surface area contributed by atoms with Crippen LogP contribution < -0.4 is 11.5 Å². The van der Waals surface area contributed by atoms with Gasteiger partial charge in [0.2, 0.25) is 0 Å². The second kappa shape index (κ2) is 10.7. The molecule has 3 aliphatic rings. The highest BCUT2D eigenvalue weighted by molar-refractivity contribution is 14.0. The molecule has 32 heavy (non-hydrogen) atoms. The van der Waals surface area contributed by atoms with Crippen LogP contribution in [0.25, 0.3) is 0 Å². The number of nitrogens with two attached hydrogens (primary N) is 2. The lowest BCUT2D eigenvalue weighted by Gasteiger charge is -2.61. The van der Waals surface area contributed by atoms with Crippen molar-refractivity contribution in [3.8, 4) is 0 Å². The number of Topliss-reactive ketones (excluding diaryl/α,β-unsaturated/α-hetero) is 1. The van der Waals surface area contributed by atoms with Crippen LogP contribution in [0.3, 0.4) is 0 Å². The van der Waals surface area contributed by atoms with E-state index in [1.54, 1.807) is 6.08 Å². The summed E-state index contributed by atoms with van der Waals surface area (Å²) < 4.78 is 5.77. The standard InChI is InChI=1S/C22H34O5.CH4N2S.HI/c1-6-20(4)11-16(27-17(25)12-23)21(5)13(2)7-9-22(14(3)19(20)26)10-8-15(24)18(21)22;2-1(3)4;/h6,13-14,16,18-19,23,26H,1,7-12H2,2-5H3;(H4,2,3,4);1H/t13-,14+,16-,18-,19+,20-,21+,22+;;/m1../s1. The summed E-state index contributed by atoms with van der Waals surface area (Å²) in [6, 6.07) is 0. The number of halogens is 1. The van der Waals surface area contributed by atoms with Crippen molar-refractivity contribution >= 4 is 53.1 Å². The lowest BCUT2D eigenvalue weighted by Crippen LogP contribution is -2.63. The molecule has 0 heterocycles. The van der Waals surface area contributed by atoms with Crippen LogP contribution in [-0.4, -0.2) is 45.9 Å². The zero-order chi connectivity index (χ0) is 23.8. The summed E-state index contributed by atoms with van der Waals surface area (Å²) in [6.07, 6.45) is 4.10. The van der Waals surface area contributed by atoms with Crippen molar-refractivity contribution in [3.05, 3.63) is 12.7 Å². The zero-order valence-electron chi connectivity index (χ0n) is 19.5. The minimum absolute atomic E-state index is 0. The molecule has 9 heteroatoms. The summed E-state index contributed by atoms with van der Waals surface area (Å²) in [7, 11) is 0. The predicted octanol–water partition coefficient (Wildman–Crippen LogP) is 2.69. The normalized spacial score (nSPS) is 42.7. The van der Waals surface area contributed by atoms with Gasteiger partial charge in [-0.1, -0.05) is 33.8 Å². The van der Waals surface area contributed by atoms with E-state index in [1.165, 1.54) is 0 Å². The van der Waals surface area contributed by atoms with Gasteiger partial charge in [0.15, 0.2) is 5.11 Å². The zero-order valence-corrected chi connectivity index (χ0v) is 22.7. The van der Waals surface area contributed by atoms with Gasteiger partial charge in [0, 0.05) is 23.2 Å². The Balaban J connectivity index is 0.000000945. The average molecular weight is 583 g/mol. The fourth-order valence-corrected chi connectivity index (χ4v) is 6.70. The number of ether oxygens (including phenoxy) is 1. The molecule has 7 nitrogen and oxygen atoms in total. The molecule has 3 fully saturated rings. The van der Waals surface area contributed by atoms with Gasteiger partial charge in [0.05, 0.1) is 6.10 Å². The van der Waals surface area contributed by atoms with Gasteiger partial charge < -0.3 is 26.4 Å². The van der Waals surface area contributed by atoms with E-state index in [1.807, 2.05) is 6.92 Å². The van der Waals surface area contributed by atoms with Gasteiger partial charge in [-0.25, -0.2) is 4.79 Å². The smallest absolute Gasteiger partial charge is 0.332 e. The van der Waals surface area contributed by atoms with Crippen LogP contribution in [0, 0.1) is 34.0 Å². The molecule has 0 amide bonds. The Morgan fingerprint density at radius 3 is 2.38 bits per heavy atom. The number of aliphatic hydroxyl groups is 2. The van der Waals surface area contributed by atoms with Crippen molar-refractivity contribution in [1.82, 2.24) is 0 Å². The molecule has 0 aromatic rings. The molecule has 184 valence electrons. The number of ketones is 1. The van der Waals surface area contributed by atoms with E-state index in [4.69, 9.17) is 4.74 Å². The first-order valence-corrected chi connectivity index (χ1v) is 11.4. The molecule has 0 radical (unpaired) electrons. The summed E-state index contributed by atoms with van der Waals surface area (Å²) in [4.78, 5) is 25.2. The van der Waals surface area contributed by atoms with E-state index in [0.29, 0.717) is 12.8 Å². The summed E-state index contributed by atoms with van der Waals surface area (Å²) in [5, 5.41) is 20.6. The Morgan fingerprint density at radius 2 is 1.88 bits per heavy atom. The van der Waals surface area contributed by atoms with E-state index >= 15 is 0 Å². The Kier molecular flexibility index (Phi) is 9.74. The van der Waals surface area contributed by atoms with Crippen molar-refractivity contribution in [2.45, 2.75) is 72.0 Å². The third-order valence-corrected chi connectivity index (χ3v) is 8.70.